The van der Waals surface area contributed by atoms with E-state index in [9.17, 15) is 4.79 Å². The van der Waals surface area contributed by atoms with Gasteiger partial charge in [-0.1, -0.05) is 6.58 Å². The minimum absolute atomic E-state index is 0.105. The van der Waals surface area contributed by atoms with Gasteiger partial charge in [-0.25, -0.2) is 4.79 Å². The van der Waals surface area contributed by atoms with Gasteiger partial charge in [0.1, 0.15) is 6.10 Å². The van der Waals surface area contributed by atoms with Gasteiger partial charge in [-0.3, -0.25) is 0 Å². The van der Waals surface area contributed by atoms with Gasteiger partial charge in [-0.2, -0.15) is 0 Å². The molecule has 0 aromatic carbocycles. The highest BCUT2D eigenvalue weighted by Crippen LogP contribution is 2.44. The van der Waals surface area contributed by atoms with Crippen LogP contribution in [-0.2, 0) is 19.0 Å². The molecule has 0 radical (unpaired) electrons. The Hall–Kier alpha value is -0.870. The van der Waals surface area contributed by atoms with Crippen molar-refractivity contribution in [2.75, 3.05) is 13.2 Å². The molecular formula is C22H34O4. The molecule has 0 N–H and O–H groups in total. The first-order valence-corrected chi connectivity index (χ1v) is 10.7. The summed E-state index contributed by atoms with van der Waals surface area (Å²) >= 11 is 0. The standard InChI is InChI=1S/C22H34O4/c1-14(2)22(23)25-19-7-6-17-9-15(3-5-18(17)11-19)12-24-13-16-4-8-20-21(10-16)26-20/h15-21H,1,3-13H2,2H3. The lowest BCUT2D eigenvalue weighted by Gasteiger charge is -2.41. The summed E-state index contributed by atoms with van der Waals surface area (Å²) in [4.78, 5) is 11.7. The largest absolute Gasteiger partial charge is 0.459 e. The van der Waals surface area contributed by atoms with Gasteiger partial charge in [0.2, 0.25) is 0 Å². The number of hydrogen-bond acceptors (Lipinski definition) is 4. The van der Waals surface area contributed by atoms with E-state index in [1.165, 1.54) is 44.9 Å². The summed E-state index contributed by atoms with van der Waals surface area (Å²) in [5.74, 6) is 2.74. The fourth-order valence-corrected chi connectivity index (χ4v) is 5.49. The highest BCUT2D eigenvalue weighted by molar-refractivity contribution is 5.87. The summed E-state index contributed by atoms with van der Waals surface area (Å²) < 4.78 is 17.3. The molecule has 4 fully saturated rings. The molecule has 1 heterocycles. The van der Waals surface area contributed by atoms with Crippen molar-refractivity contribution in [2.24, 2.45) is 23.7 Å². The van der Waals surface area contributed by atoms with Gasteiger partial charge in [-0.05, 0) is 88.4 Å². The fraction of sp³-hybridized carbons (Fsp3) is 0.864. The summed E-state index contributed by atoms with van der Waals surface area (Å²) in [5, 5.41) is 0. The van der Waals surface area contributed by atoms with E-state index < -0.39 is 0 Å². The van der Waals surface area contributed by atoms with Crippen LogP contribution in [0.1, 0.15) is 64.7 Å². The summed E-state index contributed by atoms with van der Waals surface area (Å²) in [7, 11) is 0. The molecule has 0 aromatic rings. The Morgan fingerprint density at radius 1 is 0.923 bits per heavy atom. The molecule has 4 heteroatoms. The number of esters is 1. The molecule has 7 atom stereocenters. The molecule has 0 aromatic heterocycles. The summed E-state index contributed by atoms with van der Waals surface area (Å²) in [6.45, 7) is 7.27. The Labute approximate surface area is 157 Å². The van der Waals surface area contributed by atoms with Crippen LogP contribution in [-0.4, -0.2) is 37.5 Å². The Kier molecular flexibility index (Phi) is 5.70. The predicted octanol–water partition coefficient (Wildman–Crippen LogP) is 4.27. The molecule has 0 bridgehead atoms. The minimum atomic E-state index is -0.221. The molecule has 146 valence electrons. The lowest BCUT2D eigenvalue weighted by atomic mass is 9.67. The third-order valence-corrected chi connectivity index (χ3v) is 7.12. The maximum absolute atomic E-state index is 11.7. The van der Waals surface area contributed by atoms with E-state index in [0.717, 1.165) is 43.8 Å². The summed E-state index contributed by atoms with van der Waals surface area (Å²) in [6, 6.07) is 0. The van der Waals surface area contributed by atoms with Crippen LogP contribution in [0.15, 0.2) is 12.2 Å². The van der Waals surface area contributed by atoms with Crippen LogP contribution in [0.25, 0.3) is 0 Å². The van der Waals surface area contributed by atoms with Crippen LogP contribution in [0.3, 0.4) is 0 Å². The van der Waals surface area contributed by atoms with Crippen LogP contribution in [0.4, 0.5) is 0 Å². The van der Waals surface area contributed by atoms with Crippen molar-refractivity contribution in [2.45, 2.75) is 83.0 Å². The average molecular weight is 363 g/mol. The minimum Gasteiger partial charge on any atom is -0.459 e. The number of carbonyl (C=O) groups excluding carboxylic acids is 1. The molecule has 26 heavy (non-hydrogen) atoms. The van der Waals surface area contributed by atoms with E-state index >= 15 is 0 Å². The Morgan fingerprint density at radius 2 is 1.62 bits per heavy atom. The van der Waals surface area contributed by atoms with Crippen LogP contribution in [0.5, 0.6) is 0 Å². The van der Waals surface area contributed by atoms with Crippen LogP contribution in [0, 0.1) is 23.7 Å². The van der Waals surface area contributed by atoms with E-state index in [2.05, 4.69) is 6.58 Å². The van der Waals surface area contributed by atoms with Crippen molar-refractivity contribution in [1.29, 1.82) is 0 Å². The third-order valence-electron chi connectivity index (χ3n) is 7.12. The first kappa shape index (κ1) is 18.5. The van der Waals surface area contributed by atoms with Gasteiger partial charge >= 0.3 is 5.97 Å². The third kappa shape index (κ3) is 4.51. The molecule has 4 rings (SSSR count). The summed E-state index contributed by atoms with van der Waals surface area (Å²) in [5.41, 5.74) is 0.509. The number of fused-ring (bicyclic) bond motifs is 2. The zero-order valence-corrected chi connectivity index (χ0v) is 16.2. The highest BCUT2D eigenvalue weighted by Gasteiger charge is 2.44. The molecule has 7 unspecified atom stereocenters. The Bertz CT molecular complexity index is 530. The zero-order valence-electron chi connectivity index (χ0n) is 16.2. The lowest BCUT2D eigenvalue weighted by Crippen LogP contribution is -2.36. The van der Waals surface area contributed by atoms with Gasteiger partial charge in [0.25, 0.3) is 0 Å². The van der Waals surface area contributed by atoms with E-state index in [-0.39, 0.29) is 12.1 Å². The zero-order chi connectivity index (χ0) is 18.1. The predicted molar refractivity (Wildman–Crippen MR) is 99.7 cm³/mol. The van der Waals surface area contributed by atoms with Crippen LogP contribution >= 0.6 is 0 Å². The first-order valence-electron chi connectivity index (χ1n) is 10.7. The van der Waals surface area contributed by atoms with E-state index in [1.807, 2.05) is 0 Å². The highest BCUT2D eigenvalue weighted by atomic mass is 16.6. The van der Waals surface area contributed by atoms with Gasteiger partial charge in [0, 0.05) is 18.8 Å². The molecular weight excluding hydrogens is 328 g/mol. The molecule has 3 saturated carbocycles. The van der Waals surface area contributed by atoms with Crippen molar-refractivity contribution in [3.63, 3.8) is 0 Å². The van der Waals surface area contributed by atoms with E-state index in [0.29, 0.717) is 23.7 Å². The monoisotopic (exact) mass is 362 g/mol. The maximum Gasteiger partial charge on any atom is 0.333 e. The number of hydrogen-bond donors (Lipinski definition) is 0. The molecule has 3 aliphatic carbocycles. The SMILES string of the molecule is C=C(C)C(=O)OC1CCC2CC(COCC3CCC4OC4C3)CCC2C1. The van der Waals surface area contributed by atoms with Gasteiger partial charge in [0.05, 0.1) is 12.2 Å². The molecule has 1 saturated heterocycles. The van der Waals surface area contributed by atoms with Crippen molar-refractivity contribution < 1.29 is 19.0 Å². The van der Waals surface area contributed by atoms with E-state index in [4.69, 9.17) is 14.2 Å². The number of epoxide rings is 1. The molecule has 4 aliphatic rings. The number of ether oxygens (including phenoxy) is 3. The van der Waals surface area contributed by atoms with Crippen molar-refractivity contribution in [3.05, 3.63) is 12.2 Å². The molecule has 4 nitrogen and oxygen atoms in total. The van der Waals surface area contributed by atoms with Crippen molar-refractivity contribution in [1.82, 2.24) is 0 Å². The molecule has 0 spiro atoms. The number of rotatable bonds is 6. The van der Waals surface area contributed by atoms with Gasteiger partial charge in [0.15, 0.2) is 0 Å². The smallest absolute Gasteiger partial charge is 0.333 e. The normalized spacial score (nSPS) is 41.7. The summed E-state index contributed by atoms with van der Waals surface area (Å²) in [6.07, 6.45) is 12.1. The van der Waals surface area contributed by atoms with Crippen LogP contribution < -0.4 is 0 Å². The number of carbonyl (C=O) groups is 1. The second kappa shape index (κ2) is 8.02. The van der Waals surface area contributed by atoms with Gasteiger partial charge < -0.3 is 14.2 Å². The molecule has 1 aliphatic heterocycles. The average Bonchev–Trinajstić information content (AvgIpc) is 3.40. The molecule has 0 amide bonds. The van der Waals surface area contributed by atoms with E-state index in [1.54, 1.807) is 6.92 Å². The van der Waals surface area contributed by atoms with Crippen molar-refractivity contribution in [3.8, 4) is 0 Å². The lowest BCUT2D eigenvalue weighted by molar-refractivity contribution is -0.147. The first-order chi connectivity index (χ1) is 12.6. The van der Waals surface area contributed by atoms with Crippen LogP contribution in [0.2, 0.25) is 0 Å². The van der Waals surface area contributed by atoms with Gasteiger partial charge in [-0.15, -0.1) is 0 Å². The topological polar surface area (TPSA) is 48.1 Å². The second-order valence-corrected chi connectivity index (χ2v) is 9.25. The Morgan fingerprint density at radius 3 is 2.38 bits per heavy atom. The Balaban J connectivity index is 1.15. The maximum atomic E-state index is 11.7. The van der Waals surface area contributed by atoms with Crippen molar-refractivity contribution >= 4 is 5.97 Å². The fourth-order valence-electron chi connectivity index (χ4n) is 5.49. The quantitative estimate of drug-likeness (QED) is 0.402. The second-order valence-electron chi connectivity index (χ2n) is 9.25.